The summed E-state index contributed by atoms with van der Waals surface area (Å²) >= 11 is 0. The minimum Gasteiger partial charge on any atom is -0.444 e. The molecule has 1 saturated carbocycles. The zero-order chi connectivity index (χ0) is 12.9. The quantitative estimate of drug-likeness (QED) is 0.834. The maximum atomic E-state index is 11.5. The zero-order valence-electron chi connectivity index (χ0n) is 11.7. The van der Waals surface area contributed by atoms with Gasteiger partial charge in [0.1, 0.15) is 5.60 Å². The van der Waals surface area contributed by atoms with Crippen LogP contribution in [0.3, 0.4) is 0 Å². The number of rotatable bonds is 3. The van der Waals surface area contributed by atoms with E-state index in [4.69, 9.17) is 10.5 Å². The smallest absolute Gasteiger partial charge is 0.407 e. The molecule has 0 radical (unpaired) electrons. The lowest BCUT2D eigenvalue weighted by atomic mass is 9.82. The van der Waals surface area contributed by atoms with Crippen LogP contribution < -0.4 is 11.1 Å². The van der Waals surface area contributed by atoms with Crippen molar-refractivity contribution in [3.8, 4) is 0 Å². The summed E-state index contributed by atoms with van der Waals surface area (Å²) in [5, 5.41) is 2.85. The summed E-state index contributed by atoms with van der Waals surface area (Å²) in [4.78, 5) is 11.5. The molecule has 0 bridgehead atoms. The SMILES string of the molecule is CC(C)(C)OC(=O)NCC1CCC(CN)CC1.Cl. The highest BCUT2D eigenvalue weighted by Crippen LogP contribution is 2.27. The number of carbonyl (C=O) groups is 1. The normalized spacial score (nSPS) is 24.0. The van der Waals surface area contributed by atoms with Gasteiger partial charge in [-0.25, -0.2) is 4.79 Å². The van der Waals surface area contributed by atoms with Gasteiger partial charge in [0.15, 0.2) is 0 Å². The van der Waals surface area contributed by atoms with Gasteiger partial charge in [-0.2, -0.15) is 0 Å². The minimum absolute atomic E-state index is 0. The number of halogens is 1. The Kier molecular flexibility index (Phi) is 7.64. The van der Waals surface area contributed by atoms with Gasteiger partial charge in [-0.15, -0.1) is 12.4 Å². The number of ether oxygens (including phenoxy) is 1. The van der Waals surface area contributed by atoms with Gasteiger partial charge in [0.25, 0.3) is 0 Å². The van der Waals surface area contributed by atoms with Crippen LogP contribution in [0.25, 0.3) is 0 Å². The molecule has 1 rings (SSSR count). The van der Waals surface area contributed by atoms with E-state index in [2.05, 4.69) is 5.32 Å². The van der Waals surface area contributed by atoms with Gasteiger partial charge in [0.05, 0.1) is 0 Å². The summed E-state index contributed by atoms with van der Waals surface area (Å²) < 4.78 is 5.20. The van der Waals surface area contributed by atoms with Crippen LogP contribution in [-0.4, -0.2) is 24.8 Å². The Morgan fingerprint density at radius 1 is 1.22 bits per heavy atom. The molecule has 108 valence electrons. The molecule has 18 heavy (non-hydrogen) atoms. The first-order valence-electron chi connectivity index (χ1n) is 6.57. The van der Waals surface area contributed by atoms with Crippen LogP contribution in [-0.2, 0) is 4.74 Å². The molecule has 1 aliphatic carbocycles. The summed E-state index contributed by atoms with van der Waals surface area (Å²) in [6.45, 7) is 7.15. The van der Waals surface area contributed by atoms with Crippen LogP contribution in [0.5, 0.6) is 0 Å². The average Bonchev–Trinajstić information content (AvgIpc) is 2.25. The Morgan fingerprint density at radius 2 is 1.72 bits per heavy atom. The molecule has 0 aromatic heterocycles. The fourth-order valence-corrected chi connectivity index (χ4v) is 2.21. The van der Waals surface area contributed by atoms with E-state index in [-0.39, 0.29) is 18.5 Å². The summed E-state index contributed by atoms with van der Waals surface area (Å²) in [7, 11) is 0. The minimum atomic E-state index is -0.415. The van der Waals surface area contributed by atoms with Crippen molar-refractivity contribution in [1.29, 1.82) is 0 Å². The maximum absolute atomic E-state index is 11.5. The van der Waals surface area contributed by atoms with Gasteiger partial charge in [-0.1, -0.05) is 0 Å². The van der Waals surface area contributed by atoms with Crippen molar-refractivity contribution >= 4 is 18.5 Å². The Morgan fingerprint density at radius 3 is 2.17 bits per heavy atom. The van der Waals surface area contributed by atoms with Crippen molar-refractivity contribution in [3.05, 3.63) is 0 Å². The second-order valence-electron chi connectivity index (χ2n) is 6.01. The topological polar surface area (TPSA) is 64.3 Å². The number of nitrogens with one attached hydrogen (secondary N) is 1. The van der Waals surface area contributed by atoms with E-state index in [0.717, 1.165) is 25.9 Å². The lowest BCUT2D eigenvalue weighted by Gasteiger charge is -2.28. The van der Waals surface area contributed by atoms with Crippen LogP contribution in [0, 0.1) is 11.8 Å². The molecule has 0 spiro atoms. The summed E-state index contributed by atoms with van der Waals surface area (Å²) in [5.74, 6) is 1.28. The fourth-order valence-electron chi connectivity index (χ4n) is 2.21. The highest BCUT2D eigenvalue weighted by molar-refractivity contribution is 5.85. The lowest BCUT2D eigenvalue weighted by Crippen LogP contribution is -2.36. The van der Waals surface area contributed by atoms with Crippen LogP contribution in [0.15, 0.2) is 0 Å². The maximum Gasteiger partial charge on any atom is 0.407 e. The van der Waals surface area contributed by atoms with E-state index in [1.807, 2.05) is 20.8 Å². The monoisotopic (exact) mass is 278 g/mol. The number of carbonyl (C=O) groups excluding carboxylic acids is 1. The van der Waals surface area contributed by atoms with Crippen molar-refractivity contribution in [2.75, 3.05) is 13.1 Å². The first-order valence-corrected chi connectivity index (χ1v) is 6.57. The third-order valence-corrected chi connectivity index (χ3v) is 3.23. The van der Waals surface area contributed by atoms with Gasteiger partial charge in [-0.05, 0) is 64.8 Å². The molecule has 4 nitrogen and oxygen atoms in total. The summed E-state index contributed by atoms with van der Waals surface area (Å²) in [6.07, 6.45) is 4.40. The molecule has 1 amide bonds. The largest absolute Gasteiger partial charge is 0.444 e. The second-order valence-corrected chi connectivity index (χ2v) is 6.01. The highest BCUT2D eigenvalue weighted by atomic mass is 35.5. The standard InChI is InChI=1S/C13H26N2O2.ClH/c1-13(2,3)17-12(16)15-9-11-6-4-10(8-14)5-7-11;/h10-11H,4-9,14H2,1-3H3,(H,15,16);1H. The molecule has 0 aliphatic heterocycles. The summed E-state index contributed by atoms with van der Waals surface area (Å²) in [6, 6.07) is 0. The van der Waals surface area contributed by atoms with E-state index < -0.39 is 5.60 Å². The molecule has 0 saturated heterocycles. The van der Waals surface area contributed by atoms with Gasteiger partial charge < -0.3 is 15.8 Å². The van der Waals surface area contributed by atoms with E-state index in [9.17, 15) is 4.79 Å². The van der Waals surface area contributed by atoms with Crippen molar-refractivity contribution in [2.24, 2.45) is 17.6 Å². The van der Waals surface area contributed by atoms with E-state index in [0.29, 0.717) is 11.8 Å². The van der Waals surface area contributed by atoms with Crippen LogP contribution in [0.4, 0.5) is 4.79 Å². The van der Waals surface area contributed by atoms with Crippen LogP contribution in [0.2, 0.25) is 0 Å². The molecule has 0 aromatic rings. The number of alkyl carbamates (subject to hydrolysis) is 1. The molecule has 5 heteroatoms. The summed E-state index contributed by atoms with van der Waals surface area (Å²) in [5.41, 5.74) is 5.24. The molecular formula is C13H27ClN2O2. The Balaban J connectivity index is 0.00000289. The first kappa shape index (κ1) is 17.5. The molecule has 0 aromatic carbocycles. The van der Waals surface area contributed by atoms with Gasteiger partial charge in [0, 0.05) is 6.54 Å². The Hall–Kier alpha value is -0.480. The Bertz CT molecular complexity index is 246. The van der Waals surface area contributed by atoms with Crippen LogP contribution >= 0.6 is 12.4 Å². The molecule has 1 aliphatic rings. The number of hydrogen-bond acceptors (Lipinski definition) is 3. The predicted octanol–water partition coefficient (Wildman–Crippen LogP) is 2.70. The van der Waals surface area contributed by atoms with Crippen molar-refractivity contribution < 1.29 is 9.53 Å². The van der Waals surface area contributed by atoms with Gasteiger partial charge >= 0.3 is 6.09 Å². The number of amides is 1. The highest BCUT2D eigenvalue weighted by Gasteiger charge is 2.21. The number of hydrogen-bond donors (Lipinski definition) is 2. The molecule has 3 N–H and O–H groups in total. The van der Waals surface area contributed by atoms with Crippen LogP contribution in [0.1, 0.15) is 46.5 Å². The van der Waals surface area contributed by atoms with Crippen molar-refractivity contribution in [1.82, 2.24) is 5.32 Å². The zero-order valence-corrected chi connectivity index (χ0v) is 12.5. The van der Waals surface area contributed by atoms with Gasteiger partial charge in [0.2, 0.25) is 0 Å². The predicted molar refractivity (Wildman–Crippen MR) is 76.0 cm³/mol. The number of nitrogens with two attached hydrogens (primary N) is 1. The molecule has 0 atom stereocenters. The van der Waals surface area contributed by atoms with E-state index in [1.54, 1.807) is 0 Å². The average molecular weight is 279 g/mol. The second kappa shape index (κ2) is 7.85. The fraction of sp³-hybridized carbons (Fsp3) is 0.923. The van der Waals surface area contributed by atoms with Crippen molar-refractivity contribution in [3.63, 3.8) is 0 Å². The lowest BCUT2D eigenvalue weighted by molar-refractivity contribution is 0.0513. The molecule has 1 fully saturated rings. The van der Waals surface area contributed by atoms with Crippen molar-refractivity contribution in [2.45, 2.75) is 52.1 Å². The molecule has 0 unspecified atom stereocenters. The van der Waals surface area contributed by atoms with E-state index in [1.165, 1.54) is 12.8 Å². The van der Waals surface area contributed by atoms with E-state index >= 15 is 0 Å². The third-order valence-electron chi connectivity index (χ3n) is 3.23. The molecule has 0 heterocycles. The Labute approximate surface area is 116 Å². The molecular weight excluding hydrogens is 252 g/mol. The van der Waals surface area contributed by atoms with Gasteiger partial charge in [-0.3, -0.25) is 0 Å². The third kappa shape index (κ3) is 7.07. The first-order chi connectivity index (χ1) is 7.90.